The Morgan fingerprint density at radius 1 is 1.53 bits per heavy atom. The molecule has 1 aromatic rings. The molecular weight excluding hydrogens is 224 g/mol. The Morgan fingerprint density at radius 2 is 2.13 bits per heavy atom. The number of nitrogens with two attached hydrogens (primary N) is 1. The minimum absolute atomic E-state index is 0.0679. The standard InChI is InChI=1S/C7H8N2O5S/c8-4-2-1-3(7(11)12)6(10)5(4)9-15(13)14/h1-2,9-10H,8H2,(H,11,12)(H,13,14)/p-1. The number of carbonyl (C=O) groups is 1. The number of hydrogen-bond acceptors (Lipinski definition) is 5. The first-order chi connectivity index (χ1) is 6.93. The molecular formula is C7H7N2O5S-. The summed E-state index contributed by atoms with van der Waals surface area (Å²) in [7, 11) is 0. The van der Waals surface area contributed by atoms with Crippen molar-refractivity contribution in [1.29, 1.82) is 0 Å². The number of carboxylic acids is 1. The Hall–Kier alpha value is -1.80. The van der Waals surface area contributed by atoms with Crippen LogP contribution in [0, 0.1) is 0 Å². The molecule has 1 aromatic carbocycles. The minimum atomic E-state index is -2.69. The van der Waals surface area contributed by atoms with E-state index in [1.165, 1.54) is 6.07 Å². The fourth-order valence-electron chi connectivity index (χ4n) is 0.970. The van der Waals surface area contributed by atoms with Crippen LogP contribution in [0.4, 0.5) is 11.4 Å². The van der Waals surface area contributed by atoms with Gasteiger partial charge in [0.05, 0.1) is 5.69 Å². The lowest BCUT2D eigenvalue weighted by Crippen LogP contribution is -2.07. The number of carboxylic acid groups (broad SMARTS) is 1. The predicted octanol–water partition coefficient (Wildman–Crippen LogP) is -0.121. The summed E-state index contributed by atoms with van der Waals surface area (Å²) in [5.41, 5.74) is 4.50. The lowest BCUT2D eigenvalue weighted by Gasteiger charge is -2.13. The van der Waals surface area contributed by atoms with Crippen molar-refractivity contribution in [2.75, 3.05) is 10.5 Å². The smallest absolute Gasteiger partial charge is 0.339 e. The van der Waals surface area contributed by atoms with Crippen LogP contribution in [0.5, 0.6) is 5.75 Å². The number of nitrogen functional groups attached to an aromatic ring is 1. The number of rotatable bonds is 3. The molecule has 0 aliphatic carbocycles. The van der Waals surface area contributed by atoms with Gasteiger partial charge in [0.25, 0.3) is 0 Å². The molecule has 5 N–H and O–H groups in total. The maximum atomic E-state index is 10.6. The Morgan fingerprint density at radius 3 is 2.60 bits per heavy atom. The van der Waals surface area contributed by atoms with Gasteiger partial charge in [-0.3, -0.25) is 4.21 Å². The van der Waals surface area contributed by atoms with Crippen LogP contribution in [-0.2, 0) is 11.3 Å². The summed E-state index contributed by atoms with van der Waals surface area (Å²) >= 11 is -2.69. The van der Waals surface area contributed by atoms with E-state index in [1.54, 1.807) is 0 Å². The highest BCUT2D eigenvalue weighted by Gasteiger charge is 2.15. The highest BCUT2D eigenvalue weighted by Crippen LogP contribution is 2.33. The molecule has 0 heterocycles. The number of hydrogen-bond donors (Lipinski definition) is 4. The van der Waals surface area contributed by atoms with Crippen LogP contribution in [-0.4, -0.2) is 24.9 Å². The third-order valence-electron chi connectivity index (χ3n) is 1.63. The van der Waals surface area contributed by atoms with Gasteiger partial charge in [-0.25, -0.2) is 4.79 Å². The van der Waals surface area contributed by atoms with Gasteiger partial charge in [0.2, 0.25) is 0 Å². The minimum Gasteiger partial charge on any atom is -0.755 e. The van der Waals surface area contributed by atoms with Crippen LogP contribution < -0.4 is 10.5 Å². The van der Waals surface area contributed by atoms with E-state index in [2.05, 4.69) is 0 Å². The van der Waals surface area contributed by atoms with Crippen molar-refractivity contribution in [1.82, 2.24) is 0 Å². The third kappa shape index (κ3) is 2.36. The maximum Gasteiger partial charge on any atom is 0.339 e. The fourth-order valence-corrected chi connectivity index (χ4v) is 1.35. The van der Waals surface area contributed by atoms with Gasteiger partial charge in [0.15, 0.2) is 5.75 Å². The van der Waals surface area contributed by atoms with Crippen LogP contribution in [0.2, 0.25) is 0 Å². The molecule has 0 radical (unpaired) electrons. The van der Waals surface area contributed by atoms with Gasteiger partial charge in [-0.2, -0.15) is 0 Å². The molecule has 0 aliphatic heterocycles. The zero-order valence-electron chi connectivity index (χ0n) is 7.26. The summed E-state index contributed by atoms with van der Waals surface area (Å²) in [6.45, 7) is 0. The highest BCUT2D eigenvalue weighted by atomic mass is 32.2. The number of anilines is 2. The average molecular weight is 231 g/mol. The van der Waals surface area contributed by atoms with E-state index in [9.17, 15) is 18.7 Å². The average Bonchev–Trinajstić information content (AvgIpc) is 2.11. The Kier molecular flexibility index (Phi) is 3.12. The molecule has 82 valence electrons. The molecule has 0 bridgehead atoms. The van der Waals surface area contributed by atoms with Gasteiger partial charge in [0.1, 0.15) is 11.3 Å². The van der Waals surface area contributed by atoms with Crippen LogP contribution in [0.3, 0.4) is 0 Å². The van der Waals surface area contributed by atoms with Gasteiger partial charge >= 0.3 is 5.97 Å². The molecule has 7 nitrogen and oxygen atoms in total. The van der Waals surface area contributed by atoms with Gasteiger partial charge in [-0.15, -0.1) is 0 Å². The summed E-state index contributed by atoms with van der Waals surface area (Å²) in [6, 6.07) is 2.25. The first kappa shape index (κ1) is 11.3. The monoisotopic (exact) mass is 231 g/mol. The van der Waals surface area contributed by atoms with E-state index in [0.29, 0.717) is 0 Å². The summed E-state index contributed by atoms with van der Waals surface area (Å²) in [4.78, 5) is 10.6. The van der Waals surface area contributed by atoms with E-state index in [4.69, 9.17) is 10.8 Å². The molecule has 0 saturated heterocycles. The molecule has 1 atom stereocenters. The Balaban J connectivity index is 3.29. The van der Waals surface area contributed by atoms with Crippen molar-refractivity contribution in [3.63, 3.8) is 0 Å². The maximum absolute atomic E-state index is 10.6. The van der Waals surface area contributed by atoms with E-state index in [1.807, 2.05) is 4.72 Å². The molecule has 0 aliphatic rings. The quantitative estimate of drug-likeness (QED) is 0.325. The van der Waals surface area contributed by atoms with E-state index >= 15 is 0 Å². The van der Waals surface area contributed by atoms with Crippen molar-refractivity contribution in [3.05, 3.63) is 17.7 Å². The van der Waals surface area contributed by atoms with Crippen molar-refractivity contribution >= 4 is 28.6 Å². The zero-order chi connectivity index (χ0) is 11.6. The fraction of sp³-hybridized carbons (Fsp3) is 0. The van der Waals surface area contributed by atoms with E-state index < -0.39 is 28.5 Å². The molecule has 0 fully saturated rings. The molecule has 0 amide bonds. The second-order valence-electron chi connectivity index (χ2n) is 2.57. The van der Waals surface area contributed by atoms with Crippen LogP contribution >= 0.6 is 0 Å². The van der Waals surface area contributed by atoms with Crippen LogP contribution in [0.25, 0.3) is 0 Å². The summed E-state index contributed by atoms with van der Waals surface area (Å²) < 4.78 is 22.5. The normalized spacial score (nSPS) is 12.1. The third-order valence-corrected chi connectivity index (χ3v) is 2.00. The predicted molar refractivity (Wildman–Crippen MR) is 52.0 cm³/mol. The molecule has 0 spiro atoms. The summed E-state index contributed by atoms with van der Waals surface area (Å²) in [5, 5.41) is 18.0. The SMILES string of the molecule is Nc1ccc(C(=O)O)c(O)c1NS(=O)[O-]. The van der Waals surface area contributed by atoms with E-state index in [0.717, 1.165) is 6.07 Å². The molecule has 0 saturated carbocycles. The second-order valence-corrected chi connectivity index (χ2v) is 3.24. The molecule has 1 rings (SSSR count). The topological polar surface area (TPSA) is 136 Å². The molecule has 1 unspecified atom stereocenters. The van der Waals surface area contributed by atoms with Crippen LogP contribution in [0.1, 0.15) is 10.4 Å². The number of benzene rings is 1. The zero-order valence-corrected chi connectivity index (χ0v) is 8.08. The lowest BCUT2D eigenvalue weighted by atomic mass is 10.1. The first-order valence-corrected chi connectivity index (χ1v) is 4.71. The van der Waals surface area contributed by atoms with Crippen molar-refractivity contribution in [3.8, 4) is 5.75 Å². The Labute approximate surface area is 86.9 Å². The number of phenols is 1. The van der Waals surface area contributed by atoms with Gasteiger partial charge in [0, 0.05) is 11.3 Å². The van der Waals surface area contributed by atoms with Gasteiger partial charge in [-0.1, -0.05) is 0 Å². The summed E-state index contributed by atoms with van der Waals surface area (Å²) in [6.07, 6.45) is 0. The molecule has 0 aromatic heterocycles. The van der Waals surface area contributed by atoms with Gasteiger partial charge < -0.3 is 25.2 Å². The van der Waals surface area contributed by atoms with Crippen LogP contribution in [0.15, 0.2) is 12.1 Å². The Bertz CT molecular complexity index is 434. The van der Waals surface area contributed by atoms with Gasteiger partial charge in [-0.05, 0) is 12.1 Å². The number of aromatic carboxylic acids is 1. The molecule has 15 heavy (non-hydrogen) atoms. The van der Waals surface area contributed by atoms with Crippen molar-refractivity contribution in [2.45, 2.75) is 0 Å². The summed E-state index contributed by atoms with van der Waals surface area (Å²) in [5.74, 6) is -2.10. The van der Waals surface area contributed by atoms with Crippen molar-refractivity contribution in [2.24, 2.45) is 0 Å². The van der Waals surface area contributed by atoms with Crippen molar-refractivity contribution < 1.29 is 23.8 Å². The lowest BCUT2D eigenvalue weighted by molar-refractivity contribution is 0.0694. The number of aromatic hydroxyl groups is 1. The number of nitrogens with one attached hydrogen (secondary N) is 1. The highest BCUT2D eigenvalue weighted by molar-refractivity contribution is 7.80. The second kappa shape index (κ2) is 4.15. The van der Waals surface area contributed by atoms with E-state index in [-0.39, 0.29) is 11.4 Å². The first-order valence-electron chi connectivity index (χ1n) is 3.64. The largest absolute Gasteiger partial charge is 0.755 e. The molecule has 8 heteroatoms.